The van der Waals surface area contributed by atoms with Gasteiger partial charge in [-0.05, 0) is 28.8 Å². The Hall–Kier alpha value is 6.96. The summed E-state index contributed by atoms with van der Waals surface area (Å²) in [6.45, 7) is 0.257. The number of thioether (sulfide) groups is 9. The van der Waals surface area contributed by atoms with Crippen LogP contribution in [-0.4, -0.2) is 176 Å². The molecule has 0 aromatic rings. The van der Waals surface area contributed by atoms with Crippen molar-refractivity contribution in [2.24, 2.45) is 0 Å². The van der Waals surface area contributed by atoms with Gasteiger partial charge in [0.2, 0.25) is 0 Å². The van der Waals surface area contributed by atoms with Crippen LogP contribution in [0.15, 0.2) is 0 Å². The van der Waals surface area contributed by atoms with E-state index in [1.165, 1.54) is 23.0 Å². The first-order valence-corrected chi connectivity index (χ1v) is 33.3. The largest absolute Gasteiger partial charge is 0.396 e. The predicted molar refractivity (Wildman–Crippen MR) is 309 cm³/mol. The fourth-order valence-corrected chi connectivity index (χ4v) is 18.5. The lowest BCUT2D eigenvalue weighted by Crippen LogP contribution is -2.19. The third-order valence-electron chi connectivity index (χ3n) is 5.68. The van der Waals surface area contributed by atoms with Crippen LogP contribution in [0.5, 0.6) is 0 Å². The average molecular weight is 1080 g/mol. The minimum absolute atomic E-state index is 0.257. The highest BCUT2D eigenvalue weighted by Crippen LogP contribution is 2.27. The van der Waals surface area contributed by atoms with Gasteiger partial charge in [0.05, 0.1) is 6.61 Å². The van der Waals surface area contributed by atoms with Crippen molar-refractivity contribution in [3.8, 4) is 0 Å². The second-order valence-corrected chi connectivity index (χ2v) is 26.1. The highest BCUT2D eigenvalue weighted by atomic mass is 32.2. The lowest BCUT2D eigenvalue weighted by atomic mass is 10.5. The molecule has 0 amide bonds. The molecule has 0 spiro atoms. The molecule has 312 valence electrons. The van der Waals surface area contributed by atoms with Gasteiger partial charge in [0, 0.05) is 135 Å². The molecule has 0 rings (SSSR count). The fourth-order valence-electron chi connectivity index (χ4n) is 3.23. The zero-order valence-electron chi connectivity index (χ0n) is 29.5. The highest BCUT2D eigenvalue weighted by molar-refractivity contribution is 8.07. The van der Waals surface area contributed by atoms with Crippen LogP contribution in [0.2, 0.25) is 0 Å². The first-order chi connectivity index (χ1) is 24.8. The van der Waals surface area contributed by atoms with Gasteiger partial charge >= 0.3 is 0 Å². The van der Waals surface area contributed by atoms with E-state index in [-0.39, 0.29) is 6.61 Å². The maximum absolute atomic E-state index is 8.80. The molecule has 0 radical (unpaired) electrons. The van der Waals surface area contributed by atoms with Crippen molar-refractivity contribution >= 4 is 245 Å². The van der Waals surface area contributed by atoms with Crippen LogP contribution in [0.4, 0.5) is 0 Å². The molecule has 51 heavy (non-hydrogen) atoms. The quantitative estimate of drug-likeness (QED) is 0.0219. The minimum atomic E-state index is 0.257. The zero-order valence-corrected chi connectivity index (χ0v) is 46.7. The lowest BCUT2D eigenvalue weighted by molar-refractivity contribution is 0.322. The Labute approximate surface area is 414 Å². The van der Waals surface area contributed by atoms with Gasteiger partial charge in [0.15, 0.2) is 0 Å². The van der Waals surface area contributed by atoms with E-state index in [1.807, 2.05) is 106 Å². The summed E-state index contributed by atoms with van der Waals surface area (Å²) < 4.78 is 0. The fraction of sp³-hybridized carbons (Fsp3) is 1.00. The minimum Gasteiger partial charge on any atom is -0.396 e. The predicted octanol–water partition coefficient (Wildman–Crippen LogP) is 9.99. The Kier molecular flexibility index (Phi) is 64.8. The molecule has 6 atom stereocenters. The second kappa shape index (κ2) is 53.1. The van der Waals surface area contributed by atoms with Crippen molar-refractivity contribution in [3.63, 3.8) is 0 Å². The van der Waals surface area contributed by atoms with E-state index in [0.717, 1.165) is 109 Å². The number of rotatable bonds is 36. The summed E-state index contributed by atoms with van der Waals surface area (Å²) in [4.78, 5) is 0. The van der Waals surface area contributed by atoms with Gasteiger partial charge in [0.1, 0.15) is 0 Å². The molecule has 21 heteroatoms. The number of thiol groups is 11. The maximum Gasteiger partial charge on any atom is 0.0521 e. The van der Waals surface area contributed by atoms with Crippen LogP contribution in [0.25, 0.3) is 0 Å². The Morgan fingerprint density at radius 3 is 0.941 bits per heavy atom. The third-order valence-corrected chi connectivity index (χ3v) is 24.9. The van der Waals surface area contributed by atoms with Crippen molar-refractivity contribution in [2.45, 2.75) is 31.5 Å². The standard InChI is InChI=1S/C10H22OS6.2C10H22S7/c11-1-3-16-10(6-14)8-17-9(5-13)7-15-4-2-12;11-1-3-16-9(5-13)7-15-8-10(6-14)17-4-2-12;11-1-3-15-7-9(5-13)17-10(6-14)8-16-4-2-12/h3*9-14H,1-8H2. The van der Waals surface area contributed by atoms with Gasteiger partial charge in [-0.2, -0.15) is 245 Å². The molecule has 0 saturated carbocycles. The topological polar surface area (TPSA) is 20.2 Å². The van der Waals surface area contributed by atoms with Crippen LogP contribution in [0, 0.1) is 0 Å². The molecule has 1 nitrogen and oxygen atoms in total. The van der Waals surface area contributed by atoms with Crippen LogP contribution < -0.4 is 0 Å². The van der Waals surface area contributed by atoms with Gasteiger partial charge in [-0.15, -0.1) is 0 Å². The molecule has 0 aromatic heterocycles. The summed E-state index contributed by atoms with van der Waals surface area (Å²) in [6.07, 6.45) is 0. The number of hydrogen-bond acceptors (Lipinski definition) is 21. The summed E-state index contributed by atoms with van der Waals surface area (Å²) in [7, 11) is 0. The van der Waals surface area contributed by atoms with E-state index in [9.17, 15) is 0 Å². The Bertz CT molecular complexity index is 602. The van der Waals surface area contributed by atoms with E-state index in [4.69, 9.17) is 5.11 Å². The van der Waals surface area contributed by atoms with Crippen LogP contribution in [0.1, 0.15) is 0 Å². The zero-order chi connectivity index (χ0) is 38.8. The van der Waals surface area contributed by atoms with Crippen LogP contribution >= 0.6 is 245 Å². The molecule has 0 bridgehead atoms. The van der Waals surface area contributed by atoms with E-state index < -0.39 is 0 Å². The van der Waals surface area contributed by atoms with Crippen LogP contribution in [0.3, 0.4) is 0 Å². The van der Waals surface area contributed by atoms with Gasteiger partial charge in [-0.3, -0.25) is 0 Å². The van der Waals surface area contributed by atoms with Gasteiger partial charge in [-0.25, -0.2) is 0 Å². The maximum atomic E-state index is 8.80. The number of aliphatic hydroxyl groups is 1. The van der Waals surface area contributed by atoms with Crippen molar-refractivity contribution in [1.29, 1.82) is 0 Å². The lowest BCUT2D eigenvalue weighted by Gasteiger charge is -2.20. The van der Waals surface area contributed by atoms with E-state index in [1.54, 1.807) is 0 Å². The summed E-state index contributed by atoms with van der Waals surface area (Å²) in [5, 5.41) is 12.5. The summed E-state index contributed by atoms with van der Waals surface area (Å²) in [6, 6.07) is 0. The average Bonchev–Trinajstić information content (AvgIpc) is 3.16. The van der Waals surface area contributed by atoms with Gasteiger partial charge in [0.25, 0.3) is 0 Å². The first-order valence-electron chi connectivity index (χ1n) is 16.6. The number of aliphatic hydroxyl groups excluding tert-OH is 1. The molecule has 6 unspecified atom stereocenters. The molecule has 0 aliphatic carbocycles. The highest BCUT2D eigenvalue weighted by Gasteiger charge is 2.16. The van der Waals surface area contributed by atoms with Crippen molar-refractivity contribution in [3.05, 3.63) is 0 Å². The monoisotopic (exact) mass is 1080 g/mol. The molecule has 0 saturated heterocycles. The molecular weight excluding hydrogens is 1020 g/mol. The van der Waals surface area contributed by atoms with Crippen molar-refractivity contribution in [2.75, 3.05) is 139 Å². The normalized spacial score (nSPS) is 14.8. The van der Waals surface area contributed by atoms with Crippen LogP contribution in [-0.2, 0) is 0 Å². The molecular formula is C30H66OS20. The Balaban J connectivity index is -0.000000678. The SMILES string of the molecule is OCCSC(CS)CSC(CS)CSCCS.SCCSC(CS)CSCC(CS)SCCS.SCCSCC(CS)SC(CS)CSCCS. The molecule has 0 aliphatic rings. The molecule has 0 aromatic carbocycles. The molecule has 1 N–H and O–H groups in total. The number of hydrogen-bond donors (Lipinski definition) is 12. The first kappa shape index (κ1) is 62.3. The Morgan fingerprint density at radius 2 is 0.608 bits per heavy atom. The van der Waals surface area contributed by atoms with E-state index >= 15 is 0 Å². The van der Waals surface area contributed by atoms with E-state index in [2.05, 4.69) is 139 Å². The summed E-state index contributed by atoms with van der Waals surface area (Å²) in [5.74, 6) is 23.8. The van der Waals surface area contributed by atoms with Crippen molar-refractivity contribution < 1.29 is 5.11 Å². The molecule has 0 aliphatic heterocycles. The smallest absolute Gasteiger partial charge is 0.0521 e. The van der Waals surface area contributed by atoms with Gasteiger partial charge < -0.3 is 5.11 Å². The summed E-state index contributed by atoms with van der Waals surface area (Å²) in [5.41, 5.74) is 0. The van der Waals surface area contributed by atoms with Crippen molar-refractivity contribution in [1.82, 2.24) is 0 Å². The second-order valence-electron chi connectivity index (χ2n) is 10.0. The molecule has 0 heterocycles. The van der Waals surface area contributed by atoms with E-state index in [0.29, 0.717) is 31.5 Å². The third kappa shape index (κ3) is 46.3. The summed E-state index contributed by atoms with van der Waals surface area (Å²) >= 11 is 65.3. The molecule has 0 fully saturated rings. The Morgan fingerprint density at radius 1 is 0.314 bits per heavy atom. The van der Waals surface area contributed by atoms with Gasteiger partial charge in [-0.1, -0.05) is 0 Å².